The van der Waals surface area contributed by atoms with Crippen LogP contribution in [0.25, 0.3) is 0 Å². The lowest BCUT2D eigenvalue weighted by molar-refractivity contribution is -0.175. The van der Waals surface area contributed by atoms with Crippen LogP contribution in [0.1, 0.15) is 39.5 Å². The maximum absolute atomic E-state index is 11.6. The highest BCUT2D eigenvalue weighted by atomic mass is 16.5. The molecule has 3 unspecified atom stereocenters. The Morgan fingerprint density at radius 3 is 3.08 bits per heavy atom. The molecule has 0 amide bonds. The lowest BCUT2D eigenvalue weighted by Crippen LogP contribution is -2.57. The number of hydrogen-bond donors (Lipinski definition) is 0. The number of carbonyl (C=O) groups is 1. The van der Waals surface area contributed by atoms with Crippen LogP contribution in [0.3, 0.4) is 0 Å². The molecule has 13 heavy (non-hydrogen) atoms. The highest BCUT2D eigenvalue weighted by Crippen LogP contribution is 2.55. The minimum atomic E-state index is 0.186. The second-order valence-corrected chi connectivity index (χ2v) is 4.56. The molecule has 2 saturated carbocycles. The van der Waals surface area contributed by atoms with Crippen molar-refractivity contribution in [2.75, 3.05) is 6.61 Å². The van der Waals surface area contributed by atoms with Gasteiger partial charge in [0.15, 0.2) is 0 Å². The first kappa shape index (κ1) is 9.20. The van der Waals surface area contributed by atoms with Gasteiger partial charge in [-0.1, -0.05) is 6.92 Å². The van der Waals surface area contributed by atoms with Crippen LogP contribution in [0, 0.1) is 11.3 Å². The molecule has 0 N–H and O–H groups in total. The summed E-state index contributed by atoms with van der Waals surface area (Å²) in [6.07, 6.45) is 4.37. The molecule has 3 atom stereocenters. The monoisotopic (exact) mass is 182 g/mol. The molecule has 2 rings (SSSR count). The molecule has 0 heterocycles. The summed E-state index contributed by atoms with van der Waals surface area (Å²) < 4.78 is 5.65. The molecule has 0 aliphatic heterocycles. The van der Waals surface area contributed by atoms with Gasteiger partial charge in [0, 0.05) is 24.4 Å². The van der Waals surface area contributed by atoms with Gasteiger partial charge in [-0.2, -0.15) is 0 Å². The van der Waals surface area contributed by atoms with Gasteiger partial charge in [-0.25, -0.2) is 0 Å². The predicted octanol–water partition coefficient (Wildman–Crippen LogP) is 2.17. The molecule has 0 aromatic carbocycles. The topological polar surface area (TPSA) is 26.3 Å². The van der Waals surface area contributed by atoms with Gasteiger partial charge < -0.3 is 4.74 Å². The van der Waals surface area contributed by atoms with E-state index in [1.807, 2.05) is 6.92 Å². The van der Waals surface area contributed by atoms with Gasteiger partial charge in [-0.15, -0.1) is 0 Å². The quantitative estimate of drug-likeness (QED) is 0.654. The molecular weight excluding hydrogens is 164 g/mol. The SMILES string of the molecule is CCOC1CC2C(=O)CCCC12C. The van der Waals surface area contributed by atoms with Crippen LogP contribution in [-0.2, 0) is 9.53 Å². The van der Waals surface area contributed by atoms with Crippen molar-refractivity contribution in [3.05, 3.63) is 0 Å². The fourth-order valence-corrected chi connectivity index (χ4v) is 2.93. The third-order valence-corrected chi connectivity index (χ3v) is 3.88. The van der Waals surface area contributed by atoms with E-state index >= 15 is 0 Å². The van der Waals surface area contributed by atoms with Gasteiger partial charge in [-0.3, -0.25) is 4.79 Å². The van der Waals surface area contributed by atoms with E-state index in [4.69, 9.17) is 4.74 Å². The van der Waals surface area contributed by atoms with E-state index in [1.165, 1.54) is 6.42 Å². The number of fused-ring (bicyclic) bond motifs is 1. The number of hydrogen-bond acceptors (Lipinski definition) is 2. The Morgan fingerprint density at radius 2 is 2.38 bits per heavy atom. The number of rotatable bonds is 2. The largest absolute Gasteiger partial charge is 0.378 e. The zero-order chi connectivity index (χ0) is 9.47. The first-order valence-corrected chi connectivity index (χ1v) is 5.33. The van der Waals surface area contributed by atoms with Crippen molar-refractivity contribution in [2.24, 2.45) is 11.3 Å². The van der Waals surface area contributed by atoms with E-state index < -0.39 is 0 Å². The van der Waals surface area contributed by atoms with Crippen molar-refractivity contribution < 1.29 is 9.53 Å². The van der Waals surface area contributed by atoms with Crippen molar-refractivity contribution in [1.29, 1.82) is 0 Å². The summed E-state index contributed by atoms with van der Waals surface area (Å²) in [5.41, 5.74) is 0.186. The zero-order valence-corrected chi connectivity index (χ0v) is 8.51. The highest BCUT2D eigenvalue weighted by Gasteiger charge is 2.56. The summed E-state index contributed by atoms with van der Waals surface area (Å²) in [4.78, 5) is 11.6. The number of Topliss-reactive ketones (excluding diaryl/α,β-unsaturated/α-hetero) is 1. The van der Waals surface area contributed by atoms with E-state index in [-0.39, 0.29) is 5.41 Å². The molecule has 2 fully saturated rings. The molecular formula is C11H18O2. The Balaban J connectivity index is 2.06. The molecule has 2 aliphatic rings. The van der Waals surface area contributed by atoms with Crippen LogP contribution in [-0.4, -0.2) is 18.5 Å². The Morgan fingerprint density at radius 1 is 1.62 bits per heavy atom. The first-order chi connectivity index (χ1) is 6.18. The lowest BCUT2D eigenvalue weighted by atomic mass is 9.52. The Kier molecular flexibility index (Phi) is 2.18. The van der Waals surface area contributed by atoms with Crippen LogP contribution < -0.4 is 0 Å². The van der Waals surface area contributed by atoms with Crippen LogP contribution >= 0.6 is 0 Å². The summed E-state index contributed by atoms with van der Waals surface area (Å²) in [6, 6.07) is 0. The third-order valence-electron chi connectivity index (χ3n) is 3.88. The summed E-state index contributed by atoms with van der Waals surface area (Å²) >= 11 is 0. The normalized spacial score (nSPS) is 44.0. The van der Waals surface area contributed by atoms with Gasteiger partial charge in [0.1, 0.15) is 5.78 Å². The molecule has 2 heteroatoms. The molecule has 0 aromatic heterocycles. The van der Waals surface area contributed by atoms with Gasteiger partial charge in [0.25, 0.3) is 0 Å². The van der Waals surface area contributed by atoms with E-state index in [2.05, 4.69) is 6.92 Å². The second kappa shape index (κ2) is 3.09. The summed E-state index contributed by atoms with van der Waals surface area (Å²) in [5.74, 6) is 0.794. The third kappa shape index (κ3) is 1.23. The van der Waals surface area contributed by atoms with E-state index in [0.717, 1.165) is 25.9 Å². The van der Waals surface area contributed by atoms with Crippen molar-refractivity contribution >= 4 is 5.78 Å². The van der Waals surface area contributed by atoms with Crippen molar-refractivity contribution in [2.45, 2.75) is 45.6 Å². The van der Waals surface area contributed by atoms with Gasteiger partial charge in [0.05, 0.1) is 6.10 Å². The Labute approximate surface area is 79.7 Å². The maximum atomic E-state index is 11.6. The predicted molar refractivity (Wildman–Crippen MR) is 50.5 cm³/mol. The molecule has 0 aromatic rings. The molecule has 2 aliphatic carbocycles. The Bertz CT molecular complexity index is 224. The maximum Gasteiger partial charge on any atom is 0.136 e. The fourth-order valence-electron chi connectivity index (χ4n) is 2.93. The van der Waals surface area contributed by atoms with E-state index in [0.29, 0.717) is 17.8 Å². The van der Waals surface area contributed by atoms with E-state index in [9.17, 15) is 4.79 Å². The standard InChI is InChI=1S/C11H18O2/c1-3-13-10-7-8-9(12)5-4-6-11(8,10)2/h8,10H,3-7H2,1-2H3. The van der Waals surface area contributed by atoms with Gasteiger partial charge >= 0.3 is 0 Å². The van der Waals surface area contributed by atoms with E-state index in [1.54, 1.807) is 0 Å². The number of carbonyl (C=O) groups excluding carboxylic acids is 1. The molecule has 0 radical (unpaired) electrons. The molecule has 0 spiro atoms. The van der Waals surface area contributed by atoms with Gasteiger partial charge in [-0.05, 0) is 26.2 Å². The average molecular weight is 182 g/mol. The molecule has 74 valence electrons. The number of ether oxygens (including phenoxy) is 1. The van der Waals surface area contributed by atoms with Crippen LogP contribution in [0.15, 0.2) is 0 Å². The summed E-state index contributed by atoms with van der Waals surface area (Å²) in [6.45, 7) is 5.03. The van der Waals surface area contributed by atoms with Crippen molar-refractivity contribution in [3.63, 3.8) is 0 Å². The zero-order valence-electron chi connectivity index (χ0n) is 8.51. The Hall–Kier alpha value is -0.370. The molecule has 2 nitrogen and oxygen atoms in total. The summed E-state index contributed by atoms with van der Waals surface area (Å²) in [7, 11) is 0. The van der Waals surface area contributed by atoms with Crippen LogP contribution in [0.2, 0.25) is 0 Å². The minimum absolute atomic E-state index is 0.186. The van der Waals surface area contributed by atoms with Crippen molar-refractivity contribution in [3.8, 4) is 0 Å². The van der Waals surface area contributed by atoms with Crippen LogP contribution in [0.5, 0.6) is 0 Å². The van der Waals surface area contributed by atoms with Gasteiger partial charge in [0.2, 0.25) is 0 Å². The smallest absolute Gasteiger partial charge is 0.136 e. The molecule has 0 bridgehead atoms. The second-order valence-electron chi connectivity index (χ2n) is 4.56. The van der Waals surface area contributed by atoms with Crippen molar-refractivity contribution in [1.82, 2.24) is 0 Å². The lowest BCUT2D eigenvalue weighted by Gasteiger charge is -2.55. The number of ketones is 1. The highest BCUT2D eigenvalue weighted by molar-refractivity contribution is 5.84. The first-order valence-electron chi connectivity index (χ1n) is 5.33. The minimum Gasteiger partial charge on any atom is -0.378 e. The fraction of sp³-hybridized carbons (Fsp3) is 0.909. The molecule has 0 saturated heterocycles. The van der Waals surface area contributed by atoms with Crippen LogP contribution in [0.4, 0.5) is 0 Å². The average Bonchev–Trinajstić information content (AvgIpc) is 2.09. The summed E-state index contributed by atoms with van der Waals surface area (Å²) in [5, 5.41) is 0.